The van der Waals surface area contributed by atoms with Gasteiger partial charge in [0, 0.05) is 19.6 Å². The van der Waals surface area contributed by atoms with Gasteiger partial charge in [-0.15, -0.1) is 0 Å². The van der Waals surface area contributed by atoms with Crippen molar-refractivity contribution in [2.75, 3.05) is 40.4 Å². The maximum absolute atomic E-state index is 13.1. The number of hydrogen-bond donors (Lipinski definition) is 1. The van der Waals surface area contributed by atoms with Gasteiger partial charge < -0.3 is 19.5 Å². The maximum atomic E-state index is 13.1. The lowest BCUT2D eigenvalue weighted by atomic mass is 9.97. The Morgan fingerprint density at radius 2 is 1.84 bits per heavy atom. The average molecular weight is 445 g/mol. The third-order valence-electron chi connectivity index (χ3n) is 5.75. The second-order valence-electron chi connectivity index (χ2n) is 8.51. The summed E-state index contributed by atoms with van der Waals surface area (Å²) in [6.07, 6.45) is 0.913. The predicted octanol–water partition coefficient (Wildman–Crippen LogP) is 3.08. The highest BCUT2D eigenvalue weighted by atomic mass is 19.1. The van der Waals surface area contributed by atoms with Crippen LogP contribution in [0, 0.1) is 11.7 Å². The molecule has 0 aliphatic carbocycles. The number of carbonyl (C=O) groups is 1. The number of halogens is 1. The number of hydrogen-bond acceptors (Lipinski definition) is 6. The van der Waals surface area contributed by atoms with Gasteiger partial charge in [0.15, 0.2) is 0 Å². The topological polar surface area (TPSA) is 62.2 Å². The minimum atomic E-state index is -0.602. The first-order valence-corrected chi connectivity index (χ1v) is 11.1. The summed E-state index contributed by atoms with van der Waals surface area (Å²) < 4.78 is 23.7. The van der Waals surface area contributed by atoms with Crippen LogP contribution in [0.3, 0.4) is 0 Å². The van der Waals surface area contributed by atoms with Crippen LogP contribution in [0.25, 0.3) is 0 Å². The van der Waals surface area contributed by atoms with E-state index in [1.807, 2.05) is 31.3 Å². The van der Waals surface area contributed by atoms with E-state index in [2.05, 4.69) is 9.80 Å². The summed E-state index contributed by atoms with van der Waals surface area (Å²) in [5.41, 5.74) is 2.16. The zero-order valence-electron chi connectivity index (χ0n) is 18.9. The van der Waals surface area contributed by atoms with Crippen molar-refractivity contribution in [3.63, 3.8) is 0 Å². The Hall–Kier alpha value is -2.48. The Labute approximate surface area is 189 Å². The van der Waals surface area contributed by atoms with E-state index < -0.39 is 6.10 Å². The van der Waals surface area contributed by atoms with Crippen molar-refractivity contribution >= 4 is 5.97 Å². The standard InChI is InChI=1S/C25H33FN2O4/c1-27(15-19-6-8-22(26)9-7-19)16-20-4-3-5-24(14-20)32-18-23(29)17-28-12-10-21(11-13-28)25(30)31-2/h3-9,14,21,23,29H,10-13,15-18H2,1-2H3. The van der Waals surface area contributed by atoms with Crippen LogP contribution >= 0.6 is 0 Å². The van der Waals surface area contributed by atoms with E-state index in [9.17, 15) is 14.3 Å². The number of benzene rings is 2. The molecular formula is C25H33FN2O4. The normalized spacial score (nSPS) is 16.2. The molecule has 3 rings (SSSR count). The molecule has 174 valence electrons. The van der Waals surface area contributed by atoms with Crippen LogP contribution in [0.5, 0.6) is 5.75 Å². The van der Waals surface area contributed by atoms with Crippen LogP contribution < -0.4 is 4.74 Å². The van der Waals surface area contributed by atoms with Gasteiger partial charge in [0.1, 0.15) is 24.3 Å². The first-order valence-electron chi connectivity index (χ1n) is 11.1. The number of likely N-dealkylation sites (tertiary alicyclic amines) is 1. The highest BCUT2D eigenvalue weighted by molar-refractivity contribution is 5.72. The lowest BCUT2D eigenvalue weighted by molar-refractivity contribution is -0.147. The third-order valence-corrected chi connectivity index (χ3v) is 5.75. The smallest absolute Gasteiger partial charge is 0.308 e. The van der Waals surface area contributed by atoms with E-state index in [1.165, 1.54) is 19.2 Å². The zero-order chi connectivity index (χ0) is 22.9. The fraction of sp³-hybridized carbons (Fsp3) is 0.480. The molecule has 0 amide bonds. The van der Waals surface area contributed by atoms with E-state index >= 15 is 0 Å². The quantitative estimate of drug-likeness (QED) is 0.569. The summed E-state index contributed by atoms with van der Waals surface area (Å²) >= 11 is 0. The number of piperidine rings is 1. The number of nitrogens with zero attached hydrogens (tertiary/aromatic N) is 2. The van der Waals surface area contributed by atoms with Gasteiger partial charge in [-0.2, -0.15) is 0 Å². The minimum Gasteiger partial charge on any atom is -0.491 e. The molecule has 0 bridgehead atoms. The van der Waals surface area contributed by atoms with Crippen molar-refractivity contribution < 1.29 is 23.8 Å². The summed E-state index contributed by atoms with van der Waals surface area (Å²) in [4.78, 5) is 15.9. The van der Waals surface area contributed by atoms with Gasteiger partial charge in [-0.3, -0.25) is 9.69 Å². The highest BCUT2D eigenvalue weighted by Crippen LogP contribution is 2.19. The van der Waals surface area contributed by atoms with Crippen LogP contribution in [0.1, 0.15) is 24.0 Å². The van der Waals surface area contributed by atoms with Crippen molar-refractivity contribution in [3.8, 4) is 5.75 Å². The molecule has 1 N–H and O–H groups in total. The van der Waals surface area contributed by atoms with Gasteiger partial charge in [-0.25, -0.2) is 4.39 Å². The summed E-state index contributed by atoms with van der Waals surface area (Å²) in [5, 5.41) is 10.4. The number of ether oxygens (including phenoxy) is 2. The average Bonchev–Trinajstić information content (AvgIpc) is 2.79. The fourth-order valence-electron chi connectivity index (χ4n) is 4.06. The Morgan fingerprint density at radius 3 is 2.53 bits per heavy atom. The number of esters is 1. The Kier molecular flexibility index (Phi) is 9.02. The lowest BCUT2D eigenvalue weighted by Gasteiger charge is -2.31. The molecule has 1 unspecified atom stereocenters. The van der Waals surface area contributed by atoms with E-state index in [-0.39, 0.29) is 24.3 Å². The molecule has 0 radical (unpaired) electrons. The van der Waals surface area contributed by atoms with Crippen molar-refractivity contribution in [2.24, 2.45) is 5.92 Å². The Bertz CT molecular complexity index is 853. The SMILES string of the molecule is COC(=O)C1CCN(CC(O)COc2cccc(CN(C)Cc3ccc(F)cc3)c2)CC1. The largest absolute Gasteiger partial charge is 0.491 e. The maximum Gasteiger partial charge on any atom is 0.308 e. The van der Waals surface area contributed by atoms with E-state index in [0.717, 1.165) is 55.9 Å². The predicted molar refractivity (Wildman–Crippen MR) is 121 cm³/mol. The van der Waals surface area contributed by atoms with Crippen LogP contribution in [0.4, 0.5) is 4.39 Å². The number of aliphatic hydroxyl groups is 1. The van der Waals surface area contributed by atoms with Crippen LogP contribution in [-0.2, 0) is 22.6 Å². The Morgan fingerprint density at radius 1 is 1.16 bits per heavy atom. The van der Waals surface area contributed by atoms with Gasteiger partial charge >= 0.3 is 5.97 Å². The van der Waals surface area contributed by atoms with E-state index in [4.69, 9.17) is 9.47 Å². The molecule has 0 spiro atoms. The van der Waals surface area contributed by atoms with Gasteiger partial charge in [-0.05, 0) is 68.4 Å². The molecule has 32 heavy (non-hydrogen) atoms. The number of β-amino-alcohol motifs (C(OH)–C–C–N with tert-alkyl or cyclic N) is 1. The number of methoxy groups -OCH3 is 1. The monoisotopic (exact) mass is 444 g/mol. The lowest BCUT2D eigenvalue weighted by Crippen LogP contribution is -2.42. The third kappa shape index (κ3) is 7.58. The van der Waals surface area contributed by atoms with Gasteiger partial charge in [0.05, 0.1) is 13.0 Å². The summed E-state index contributed by atoms with van der Waals surface area (Å²) in [6.45, 7) is 3.72. The fourth-order valence-corrected chi connectivity index (χ4v) is 4.06. The van der Waals surface area contributed by atoms with E-state index in [0.29, 0.717) is 6.54 Å². The first-order chi connectivity index (χ1) is 15.4. The summed E-state index contributed by atoms with van der Waals surface area (Å²) in [7, 11) is 3.44. The number of carbonyl (C=O) groups excluding carboxylic acids is 1. The van der Waals surface area contributed by atoms with Gasteiger partial charge in [-0.1, -0.05) is 24.3 Å². The molecule has 1 heterocycles. The second-order valence-corrected chi connectivity index (χ2v) is 8.51. The molecule has 0 aromatic heterocycles. The molecule has 2 aromatic carbocycles. The molecule has 1 aliphatic heterocycles. The molecule has 2 aromatic rings. The molecule has 0 saturated carbocycles. The van der Waals surface area contributed by atoms with E-state index in [1.54, 1.807) is 12.1 Å². The van der Waals surface area contributed by atoms with Crippen molar-refractivity contribution in [3.05, 3.63) is 65.5 Å². The van der Waals surface area contributed by atoms with Crippen molar-refractivity contribution in [1.29, 1.82) is 0 Å². The minimum absolute atomic E-state index is 0.0337. The number of rotatable bonds is 10. The van der Waals surface area contributed by atoms with Gasteiger partial charge in [0.2, 0.25) is 0 Å². The van der Waals surface area contributed by atoms with Gasteiger partial charge in [0.25, 0.3) is 0 Å². The first kappa shape index (κ1) is 24.2. The molecule has 1 saturated heterocycles. The van der Waals surface area contributed by atoms with Crippen molar-refractivity contribution in [1.82, 2.24) is 9.80 Å². The molecule has 6 nitrogen and oxygen atoms in total. The molecule has 1 atom stereocenters. The highest BCUT2D eigenvalue weighted by Gasteiger charge is 2.26. The second kappa shape index (κ2) is 11.9. The summed E-state index contributed by atoms with van der Waals surface area (Å²) in [5.74, 6) is 0.320. The molecular weight excluding hydrogens is 411 g/mol. The van der Waals surface area contributed by atoms with Crippen LogP contribution in [0.15, 0.2) is 48.5 Å². The zero-order valence-corrected chi connectivity index (χ0v) is 18.9. The number of aliphatic hydroxyl groups excluding tert-OH is 1. The Balaban J connectivity index is 1.41. The molecule has 1 aliphatic rings. The van der Waals surface area contributed by atoms with Crippen LogP contribution in [-0.4, -0.2) is 67.4 Å². The van der Waals surface area contributed by atoms with Crippen LogP contribution in [0.2, 0.25) is 0 Å². The molecule has 1 fully saturated rings. The van der Waals surface area contributed by atoms with Crippen molar-refractivity contribution in [2.45, 2.75) is 32.0 Å². The molecule has 7 heteroatoms. The summed E-state index contributed by atoms with van der Waals surface area (Å²) in [6, 6.07) is 14.4.